The molecule has 1 aromatic carbocycles. The van der Waals surface area contributed by atoms with Gasteiger partial charge < -0.3 is 10.2 Å². The first-order valence-corrected chi connectivity index (χ1v) is 8.31. The van der Waals surface area contributed by atoms with Gasteiger partial charge in [0.2, 0.25) is 0 Å². The highest BCUT2D eigenvalue weighted by molar-refractivity contribution is 7.18. The number of hydrogen-bond donors (Lipinski definition) is 1. The standard InChI is InChI=1S/C16H23N3S/c1-12(17-11-13-7-9-19(2)10-8-13)16-18-14-5-3-4-6-15(14)20-16/h3-6,12-13,17H,7-11H2,1-2H3. The Bertz CT molecular complexity index is 525. The highest BCUT2D eigenvalue weighted by atomic mass is 32.1. The average molecular weight is 289 g/mol. The molecule has 1 N–H and O–H groups in total. The lowest BCUT2D eigenvalue weighted by molar-refractivity contribution is 0.213. The summed E-state index contributed by atoms with van der Waals surface area (Å²) in [7, 11) is 2.22. The zero-order valence-electron chi connectivity index (χ0n) is 12.3. The first-order chi connectivity index (χ1) is 9.72. The van der Waals surface area contributed by atoms with Gasteiger partial charge in [-0.15, -0.1) is 11.3 Å². The lowest BCUT2D eigenvalue weighted by Crippen LogP contribution is -2.35. The van der Waals surface area contributed by atoms with Gasteiger partial charge >= 0.3 is 0 Å². The van der Waals surface area contributed by atoms with Crippen LogP contribution in [0.25, 0.3) is 10.2 Å². The molecular weight excluding hydrogens is 266 g/mol. The zero-order chi connectivity index (χ0) is 13.9. The maximum absolute atomic E-state index is 4.74. The van der Waals surface area contributed by atoms with Gasteiger partial charge in [-0.1, -0.05) is 12.1 Å². The van der Waals surface area contributed by atoms with E-state index in [0.717, 1.165) is 18.0 Å². The molecule has 0 radical (unpaired) electrons. The van der Waals surface area contributed by atoms with Gasteiger partial charge in [0.15, 0.2) is 0 Å². The molecule has 1 fully saturated rings. The summed E-state index contributed by atoms with van der Waals surface area (Å²) in [6.45, 7) is 5.82. The molecule has 1 aliphatic rings. The molecule has 2 aromatic rings. The second-order valence-corrected chi connectivity index (χ2v) is 6.96. The second kappa shape index (κ2) is 6.20. The van der Waals surface area contributed by atoms with Crippen LogP contribution in [0.2, 0.25) is 0 Å². The van der Waals surface area contributed by atoms with Crippen LogP contribution in [0.3, 0.4) is 0 Å². The Balaban J connectivity index is 1.57. The normalized spacial score (nSPS) is 19.5. The number of aromatic nitrogens is 1. The molecule has 1 unspecified atom stereocenters. The third kappa shape index (κ3) is 3.19. The molecule has 0 amide bonds. The molecule has 0 spiro atoms. The van der Waals surface area contributed by atoms with Gasteiger partial charge in [-0.25, -0.2) is 4.98 Å². The van der Waals surface area contributed by atoms with Crippen molar-refractivity contribution in [3.8, 4) is 0 Å². The van der Waals surface area contributed by atoms with Crippen molar-refractivity contribution in [1.82, 2.24) is 15.2 Å². The lowest BCUT2D eigenvalue weighted by Gasteiger charge is -2.29. The molecule has 1 aliphatic heterocycles. The Morgan fingerprint density at radius 3 is 2.85 bits per heavy atom. The van der Waals surface area contributed by atoms with Crippen LogP contribution in [-0.2, 0) is 0 Å². The van der Waals surface area contributed by atoms with Gasteiger partial charge in [-0.05, 0) is 64.5 Å². The lowest BCUT2D eigenvalue weighted by atomic mass is 9.97. The molecule has 0 bridgehead atoms. The topological polar surface area (TPSA) is 28.2 Å². The number of para-hydroxylation sites is 1. The van der Waals surface area contributed by atoms with Crippen LogP contribution in [0.5, 0.6) is 0 Å². The summed E-state index contributed by atoms with van der Waals surface area (Å²) in [5, 5.41) is 4.88. The Kier molecular flexibility index (Phi) is 4.34. The van der Waals surface area contributed by atoms with Gasteiger partial charge in [0.05, 0.1) is 16.3 Å². The van der Waals surface area contributed by atoms with E-state index in [-0.39, 0.29) is 0 Å². The first-order valence-electron chi connectivity index (χ1n) is 7.50. The van der Waals surface area contributed by atoms with E-state index in [4.69, 9.17) is 4.98 Å². The molecule has 1 aromatic heterocycles. The Labute approximate surface area is 125 Å². The highest BCUT2D eigenvalue weighted by Crippen LogP contribution is 2.26. The summed E-state index contributed by atoms with van der Waals surface area (Å²) in [5.74, 6) is 0.822. The molecule has 4 heteroatoms. The fraction of sp³-hybridized carbons (Fsp3) is 0.562. The molecule has 3 rings (SSSR count). The Morgan fingerprint density at radius 1 is 1.35 bits per heavy atom. The van der Waals surface area contributed by atoms with Crippen LogP contribution in [0, 0.1) is 5.92 Å². The van der Waals surface area contributed by atoms with Crippen LogP contribution in [0.1, 0.15) is 30.8 Å². The number of benzene rings is 1. The molecule has 0 saturated carbocycles. The summed E-state index contributed by atoms with van der Waals surface area (Å²) in [6.07, 6.45) is 2.63. The Hall–Kier alpha value is -0.970. The predicted molar refractivity (Wildman–Crippen MR) is 86.3 cm³/mol. The van der Waals surface area contributed by atoms with Gasteiger partial charge in [0.25, 0.3) is 0 Å². The minimum absolute atomic E-state index is 0.354. The third-order valence-corrected chi connectivity index (χ3v) is 5.45. The van der Waals surface area contributed by atoms with Gasteiger partial charge in [0, 0.05) is 0 Å². The van der Waals surface area contributed by atoms with Gasteiger partial charge in [0.1, 0.15) is 5.01 Å². The molecule has 1 saturated heterocycles. The quantitative estimate of drug-likeness (QED) is 0.936. The van der Waals surface area contributed by atoms with Crippen molar-refractivity contribution >= 4 is 21.6 Å². The van der Waals surface area contributed by atoms with E-state index in [1.807, 2.05) is 11.3 Å². The SMILES string of the molecule is CC(NCC1CCN(C)CC1)c1nc2ccccc2s1. The van der Waals surface area contributed by atoms with Crippen molar-refractivity contribution in [3.05, 3.63) is 29.3 Å². The van der Waals surface area contributed by atoms with Crippen LogP contribution in [-0.4, -0.2) is 36.6 Å². The van der Waals surface area contributed by atoms with Crippen molar-refractivity contribution in [2.75, 3.05) is 26.7 Å². The van der Waals surface area contributed by atoms with Gasteiger partial charge in [-0.3, -0.25) is 0 Å². The number of rotatable bonds is 4. The molecule has 1 atom stereocenters. The highest BCUT2D eigenvalue weighted by Gasteiger charge is 2.18. The summed E-state index contributed by atoms with van der Waals surface area (Å²) >= 11 is 1.81. The number of piperidine rings is 1. The molecule has 3 nitrogen and oxygen atoms in total. The summed E-state index contributed by atoms with van der Waals surface area (Å²) in [4.78, 5) is 7.16. The molecule has 0 aliphatic carbocycles. The van der Waals surface area contributed by atoms with Crippen molar-refractivity contribution in [3.63, 3.8) is 0 Å². The number of hydrogen-bond acceptors (Lipinski definition) is 4. The van der Waals surface area contributed by atoms with E-state index in [9.17, 15) is 0 Å². The van der Waals surface area contributed by atoms with Crippen molar-refractivity contribution in [1.29, 1.82) is 0 Å². The minimum Gasteiger partial charge on any atom is -0.308 e. The zero-order valence-corrected chi connectivity index (χ0v) is 13.1. The smallest absolute Gasteiger partial charge is 0.111 e. The monoisotopic (exact) mass is 289 g/mol. The molecule has 2 heterocycles. The van der Waals surface area contributed by atoms with E-state index >= 15 is 0 Å². The summed E-state index contributed by atoms with van der Waals surface area (Å²) < 4.78 is 1.29. The van der Waals surface area contributed by atoms with Crippen LogP contribution in [0.4, 0.5) is 0 Å². The molecule has 108 valence electrons. The van der Waals surface area contributed by atoms with E-state index in [1.165, 1.54) is 35.6 Å². The maximum atomic E-state index is 4.74. The van der Waals surface area contributed by atoms with E-state index in [2.05, 4.69) is 48.5 Å². The summed E-state index contributed by atoms with van der Waals surface area (Å²) in [5.41, 5.74) is 1.13. The largest absolute Gasteiger partial charge is 0.308 e. The molecule has 20 heavy (non-hydrogen) atoms. The first kappa shape index (κ1) is 14.0. The number of fused-ring (bicyclic) bond motifs is 1. The second-order valence-electron chi connectivity index (χ2n) is 5.90. The average Bonchev–Trinajstić information content (AvgIpc) is 2.90. The number of thiazole rings is 1. The van der Waals surface area contributed by atoms with Crippen LogP contribution in [0.15, 0.2) is 24.3 Å². The van der Waals surface area contributed by atoms with Crippen LogP contribution >= 0.6 is 11.3 Å². The minimum atomic E-state index is 0.354. The van der Waals surface area contributed by atoms with Crippen molar-refractivity contribution in [2.45, 2.75) is 25.8 Å². The number of likely N-dealkylation sites (tertiary alicyclic amines) is 1. The molecular formula is C16H23N3S. The van der Waals surface area contributed by atoms with Crippen molar-refractivity contribution in [2.24, 2.45) is 5.92 Å². The fourth-order valence-electron chi connectivity index (χ4n) is 2.77. The Morgan fingerprint density at radius 2 is 2.10 bits per heavy atom. The van der Waals surface area contributed by atoms with E-state index in [0.29, 0.717) is 6.04 Å². The number of nitrogens with zero attached hydrogens (tertiary/aromatic N) is 2. The summed E-state index contributed by atoms with van der Waals surface area (Å²) in [6, 6.07) is 8.75. The van der Waals surface area contributed by atoms with Crippen molar-refractivity contribution < 1.29 is 0 Å². The predicted octanol–water partition coefficient (Wildman–Crippen LogP) is 3.29. The van der Waals surface area contributed by atoms with E-state index < -0.39 is 0 Å². The van der Waals surface area contributed by atoms with E-state index in [1.54, 1.807) is 0 Å². The maximum Gasteiger partial charge on any atom is 0.111 e. The van der Waals surface area contributed by atoms with Crippen LogP contribution < -0.4 is 5.32 Å². The number of nitrogens with one attached hydrogen (secondary N) is 1. The third-order valence-electron chi connectivity index (χ3n) is 4.23. The fourth-order valence-corrected chi connectivity index (χ4v) is 3.77. The van der Waals surface area contributed by atoms with Gasteiger partial charge in [-0.2, -0.15) is 0 Å².